The summed E-state index contributed by atoms with van der Waals surface area (Å²) in [6.45, 7) is 1.88. The van der Waals surface area contributed by atoms with Crippen LogP contribution < -0.4 is 4.90 Å². The van der Waals surface area contributed by atoms with E-state index in [-0.39, 0.29) is 5.91 Å². The molecule has 0 aliphatic carbocycles. The highest BCUT2D eigenvalue weighted by atomic mass is 32.2. The first kappa shape index (κ1) is 12.0. The highest BCUT2D eigenvalue weighted by Gasteiger charge is 2.21. The van der Waals surface area contributed by atoms with Gasteiger partial charge in [0.1, 0.15) is 7.11 Å². The SMILES string of the molecule is CO/N=C(/C)c1ccc2c(c1)N(C)C(=O)CS2. The summed E-state index contributed by atoms with van der Waals surface area (Å²) in [5.41, 5.74) is 2.70. The van der Waals surface area contributed by atoms with Gasteiger partial charge in [0.15, 0.2) is 0 Å². The quantitative estimate of drug-likeness (QED) is 0.596. The van der Waals surface area contributed by atoms with Crippen molar-refractivity contribution in [2.75, 3.05) is 24.8 Å². The minimum Gasteiger partial charge on any atom is -0.399 e. The molecular weight excluding hydrogens is 236 g/mol. The summed E-state index contributed by atoms with van der Waals surface area (Å²) in [6.07, 6.45) is 0. The third-order valence-corrected chi connectivity index (χ3v) is 3.74. The summed E-state index contributed by atoms with van der Waals surface area (Å²) in [6, 6.07) is 5.98. The van der Waals surface area contributed by atoms with Crippen molar-refractivity contribution in [3.63, 3.8) is 0 Å². The predicted molar refractivity (Wildman–Crippen MR) is 69.8 cm³/mol. The molecule has 0 fully saturated rings. The molecule has 0 spiro atoms. The number of carbonyl (C=O) groups excluding carboxylic acids is 1. The highest BCUT2D eigenvalue weighted by Crippen LogP contribution is 2.35. The van der Waals surface area contributed by atoms with Crippen LogP contribution in [0.4, 0.5) is 5.69 Å². The van der Waals surface area contributed by atoms with Crippen molar-refractivity contribution in [2.24, 2.45) is 5.16 Å². The molecule has 1 aliphatic heterocycles. The first-order chi connectivity index (χ1) is 8.13. The zero-order chi connectivity index (χ0) is 12.4. The van der Waals surface area contributed by atoms with Crippen molar-refractivity contribution >= 4 is 29.1 Å². The molecule has 1 aromatic rings. The summed E-state index contributed by atoms with van der Waals surface area (Å²) < 4.78 is 0. The molecule has 0 unspecified atom stereocenters. The molecular formula is C12H14N2O2S. The molecule has 2 rings (SSSR count). The molecule has 0 saturated carbocycles. The summed E-state index contributed by atoms with van der Waals surface area (Å²) in [7, 11) is 3.32. The number of nitrogens with zero attached hydrogens (tertiary/aromatic N) is 2. The van der Waals surface area contributed by atoms with E-state index in [1.807, 2.05) is 25.1 Å². The second-order valence-corrected chi connectivity index (χ2v) is 4.80. The second kappa shape index (κ2) is 4.79. The van der Waals surface area contributed by atoms with Crippen LogP contribution in [0.5, 0.6) is 0 Å². The number of amides is 1. The van der Waals surface area contributed by atoms with Crippen LogP contribution in [0.3, 0.4) is 0 Å². The Morgan fingerprint density at radius 1 is 1.53 bits per heavy atom. The lowest BCUT2D eigenvalue weighted by Gasteiger charge is -2.25. The average molecular weight is 250 g/mol. The van der Waals surface area contributed by atoms with Gasteiger partial charge >= 0.3 is 0 Å². The van der Waals surface area contributed by atoms with Crippen molar-refractivity contribution in [3.8, 4) is 0 Å². The fraction of sp³-hybridized carbons (Fsp3) is 0.333. The Morgan fingerprint density at radius 2 is 2.29 bits per heavy atom. The lowest BCUT2D eigenvalue weighted by Crippen LogP contribution is -2.31. The molecule has 0 atom stereocenters. The number of thioether (sulfide) groups is 1. The van der Waals surface area contributed by atoms with Crippen LogP contribution in [0, 0.1) is 0 Å². The normalized spacial score (nSPS) is 15.8. The van der Waals surface area contributed by atoms with Gasteiger partial charge in [-0.15, -0.1) is 11.8 Å². The van der Waals surface area contributed by atoms with Gasteiger partial charge in [-0.2, -0.15) is 0 Å². The number of carbonyl (C=O) groups is 1. The molecule has 0 bridgehead atoms. The van der Waals surface area contributed by atoms with Gasteiger partial charge in [0.2, 0.25) is 5.91 Å². The first-order valence-corrected chi connectivity index (χ1v) is 6.23. The molecule has 1 aromatic carbocycles. The lowest BCUT2D eigenvalue weighted by molar-refractivity contribution is -0.116. The van der Waals surface area contributed by atoms with Crippen molar-refractivity contribution in [2.45, 2.75) is 11.8 Å². The molecule has 0 radical (unpaired) electrons. The monoisotopic (exact) mass is 250 g/mol. The zero-order valence-corrected chi connectivity index (χ0v) is 10.9. The maximum absolute atomic E-state index is 11.6. The molecule has 1 heterocycles. The van der Waals surface area contributed by atoms with Gasteiger partial charge in [-0.25, -0.2) is 0 Å². The second-order valence-electron chi connectivity index (χ2n) is 3.78. The Hall–Kier alpha value is -1.49. The molecule has 0 aromatic heterocycles. The number of fused-ring (bicyclic) bond motifs is 1. The van der Waals surface area contributed by atoms with Crippen molar-refractivity contribution in [3.05, 3.63) is 23.8 Å². The molecule has 0 N–H and O–H groups in total. The number of anilines is 1. The first-order valence-electron chi connectivity index (χ1n) is 5.25. The number of rotatable bonds is 2. The van der Waals surface area contributed by atoms with Gasteiger partial charge in [-0.3, -0.25) is 4.79 Å². The van der Waals surface area contributed by atoms with Crippen LogP contribution in [0.15, 0.2) is 28.3 Å². The van der Waals surface area contributed by atoms with Crippen molar-refractivity contribution < 1.29 is 9.63 Å². The topological polar surface area (TPSA) is 41.9 Å². The Labute approximate surface area is 105 Å². The third kappa shape index (κ3) is 2.29. The number of hydrogen-bond donors (Lipinski definition) is 0. The predicted octanol–water partition coefficient (Wildman–Crippen LogP) is 2.13. The molecule has 4 nitrogen and oxygen atoms in total. The summed E-state index contributed by atoms with van der Waals surface area (Å²) in [5.74, 6) is 0.634. The molecule has 5 heteroatoms. The van der Waals surface area contributed by atoms with Crippen molar-refractivity contribution in [1.29, 1.82) is 0 Å². The van der Waals surface area contributed by atoms with Crippen LogP contribution in [0.25, 0.3) is 0 Å². The van der Waals surface area contributed by atoms with Crippen molar-refractivity contribution in [1.82, 2.24) is 0 Å². The van der Waals surface area contributed by atoms with E-state index in [1.54, 1.807) is 23.7 Å². The Bertz CT molecular complexity index is 485. The maximum Gasteiger partial charge on any atom is 0.237 e. The standard InChI is InChI=1S/C12H14N2O2S/c1-8(13-16-3)9-4-5-11-10(6-9)14(2)12(15)7-17-11/h4-6H,7H2,1-3H3/b13-8-. The van der Waals surface area contributed by atoms with E-state index < -0.39 is 0 Å². The summed E-state index contributed by atoms with van der Waals surface area (Å²) in [5, 5.41) is 3.89. The zero-order valence-electron chi connectivity index (χ0n) is 10.1. The van der Waals surface area contributed by atoms with Crippen LogP contribution in [0.2, 0.25) is 0 Å². The molecule has 1 aliphatic rings. The number of benzene rings is 1. The van der Waals surface area contributed by atoms with E-state index in [0.717, 1.165) is 21.9 Å². The fourth-order valence-corrected chi connectivity index (χ4v) is 2.67. The van der Waals surface area contributed by atoms with Gasteiger partial charge in [-0.05, 0) is 19.1 Å². The van der Waals surface area contributed by atoms with E-state index in [1.165, 1.54) is 7.11 Å². The Morgan fingerprint density at radius 3 is 3.00 bits per heavy atom. The number of hydrogen-bond acceptors (Lipinski definition) is 4. The summed E-state index contributed by atoms with van der Waals surface area (Å²) in [4.78, 5) is 19.2. The van der Waals surface area contributed by atoms with Crippen LogP contribution in [-0.4, -0.2) is 31.5 Å². The lowest BCUT2D eigenvalue weighted by atomic mass is 10.1. The van der Waals surface area contributed by atoms with E-state index in [9.17, 15) is 4.79 Å². The molecule has 1 amide bonds. The third-order valence-electron chi connectivity index (χ3n) is 2.69. The van der Waals surface area contributed by atoms with E-state index in [2.05, 4.69) is 5.16 Å². The van der Waals surface area contributed by atoms with E-state index in [4.69, 9.17) is 4.84 Å². The minimum atomic E-state index is 0.126. The van der Waals surface area contributed by atoms with E-state index >= 15 is 0 Å². The van der Waals surface area contributed by atoms with Gasteiger partial charge in [0.25, 0.3) is 0 Å². The largest absolute Gasteiger partial charge is 0.399 e. The molecule has 17 heavy (non-hydrogen) atoms. The minimum absolute atomic E-state index is 0.126. The average Bonchev–Trinajstić information content (AvgIpc) is 2.34. The molecule has 90 valence electrons. The Kier molecular flexibility index (Phi) is 3.38. The highest BCUT2D eigenvalue weighted by molar-refractivity contribution is 8.00. The van der Waals surface area contributed by atoms with Crippen LogP contribution in [-0.2, 0) is 9.63 Å². The van der Waals surface area contributed by atoms with Gasteiger partial charge in [0.05, 0.1) is 17.2 Å². The van der Waals surface area contributed by atoms with Gasteiger partial charge in [-0.1, -0.05) is 11.2 Å². The smallest absolute Gasteiger partial charge is 0.237 e. The fourth-order valence-electron chi connectivity index (χ4n) is 1.69. The maximum atomic E-state index is 11.6. The van der Waals surface area contributed by atoms with E-state index in [0.29, 0.717) is 5.75 Å². The molecule has 0 saturated heterocycles. The van der Waals surface area contributed by atoms with Crippen LogP contribution >= 0.6 is 11.8 Å². The van der Waals surface area contributed by atoms with Gasteiger partial charge < -0.3 is 9.74 Å². The number of oxime groups is 1. The van der Waals surface area contributed by atoms with Gasteiger partial charge in [0, 0.05) is 17.5 Å². The van der Waals surface area contributed by atoms with Crippen LogP contribution in [0.1, 0.15) is 12.5 Å². The Balaban J connectivity index is 2.42. The summed E-state index contributed by atoms with van der Waals surface area (Å²) >= 11 is 1.57.